The van der Waals surface area contributed by atoms with E-state index in [2.05, 4.69) is 44.7 Å². The number of piperidine rings is 1. The van der Waals surface area contributed by atoms with Crippen molar-refractivity contribution in [2.24, 2.45) is 5.92 Å². The fourth-order valence-electron chi connectivity index (χ4n) is 3.44. The lowest BCUT2D eigenvalue weighted by atomic mass is 9.90. The largest absolute Gasteiger partial charge is 0.333 e. The lowest BCUT2D eigenvalue weighted by Gasteiger charge is -2.29. The number of amides is 2. The summed E-state index contributed by atoms with van der Waals surface area (Å²) in [5.74, 6) is 0.927. The van der Waals surface area contributed by atoms with Crippen molar-refractivity contribution in [3.05, 3.63) is 28.8 Å². The molecule has 1 aliphatic rings. The molecule has 0 radical (unpaired) electrons. The van der Waals surface area contributed by atoms with Gasteiger partial charge in [0.05, 0.1) is 0 Å². The number of carbonyl (C=O) groups excluding carboxylic acids is 1. The first kappa shape index (κ1) is 21.7. The third-order valence-electron chi connectivity index (χ3n) is 5.13. The Morgan fingerprint density at radius 1 is 1.07 bits per heavy atom. The van der Waals surface area contributed by atoms with Crippen molar-refractivity contribution in [2.75, 3.05) is 18.4 Å². The van der Waals surface area contributed by atoms with Gasteiger partial charge in [0.1, 0.15) is 0 Å². The Kier molecular flexibility index (Phi) is 6.92. The highest BCUT2D eigenvalue weighted by molar-refractivity contribution is 7.87. The van der Waals surface area contributed by atoms with Crippen LogP contribution in [0.25, 0.3) is 0 Å². The quantitative estimate of drug-likeness (QED) is 0.778. The summed E-state index contributed by atoms with van der Waals surface area (Å²) in [6.07, 6.45) is 1.63. The van der Waals surface area contributed by atoms with Gasteiger partial charge in [0, 0.05) is 18.8 Å². The molecule has 1 aromatic carbocycles. The maximum atomic E-state index is 12.5. The van der Waals surface area contributed by atoms with Crippen LogP contribution in [0.5, 0.6) is 0 Å². The first-order valence-electron chi connectivity index (χ1n) is 9.74. The highest BCUT2D eigenvalue weighted by atomic mass is 32.2. The molecule has 0 spiro atoms. The van der Waals surface area contributed by atoms with E-state index >= 15 is 0 Å². The van der Waals surface area contributed by atoms with E-state index in [0.29, 0.717) is 24.7 Å². The number of benzene rings is 1. The summed E-state index contributed by atoms with van der Waals surface area (Å²) in [6, 6.07) is 3.39. The maximum absolute atomic E-state index is 12.5. The molecule has 1 fully saturated rings. The van der Waals surface area contributed by atoms with E-state index in [1.54, 1.807) is 0 Å². The number of anilines is 1. The van der Waals surface area contributed by atoms with E-state index in [4.69, 9.17) is 0 Å². The Morgan fingerprint density at radius 2 is 1.56 bits per heavy atom. The van der Waals surface area contributed by atoms with Crippen LogP contribution in [0.3, 0.4) is 0 Å². The van der Waals surface area contributed by atoms with Crippen LogP contribution < -0.4 is 10.0 Å². The van der Waals surface area contributed by atoms with Gasteiger partial charge in [0.2, 0.25) is 0 Å². The third kappa shape index (κ3) is 5.45. The zero-order valence-corrected chi connectivity index (χ0v) is 18.1. The minimum Gasteiger partial charge on any atom is -0.307 e. The molecule has 0 saturated carbocycles. The predicted octanol–water partition coefficient (Wildman–Crippen LogP) is 4.34. The maximum Gasteiger partial charge on any atom is 0.333 e. The minimum absolute atomic E-state index is 0.206. The van der Waals surface area contributed by atoms with E-state index < -0.39 is 16.2 Å². The second-order valence-electron chi connectivity index (χ2n) is 8.27. The molecule has 0 aliphatic carbocycles. The van der Waals surface area contributed by atoms with Crippen molar-refractivity contribution in [3.63, 3.8) is 0 Å². The molecule has 2 N–H and O–H groups in total. The van der Waals surface area contributed by atoms with E-state index in [-0.39, 0.29) is 11.8 Å². The van der Waals surface area contributed by atoms with Gasteiger partial charge in [-0.25, -0.2) is 9.52 Å². The van der Waals surface area contributed by atoms with Crippen molar-refractivity contribution < 1.29 is 13.2 Å². The number of rotatable bonds is 5. The number of urea groups is 1. The normalized spacial score (nSPS) is 16.7. The average Bonchev–Trinajstić information content (AvgIpc) is 2.55. The summed E-state index contributed by atoms with van der Waals surface area (Å²) in [5.41, 5.74) is 3.87. The molecule has 0 atom stereocenters. The van der Waals surface area contributed by atoms with Gasteiger partial charge in [-0.05, 0) is 48.6 Å². The molecule has 7 heteroatoms. The number of nitrogens with zero attached hydrogens (tertiary/aromatic N) is 1. The second kappa shape index (κ2) is 8.61. The van der Waals surface area contributed by atoms with Gasteiger partial charge in [0.25, 0.3) is 0 Å². The summed E-state index contributed by atoms with van der Waals surface area (Å²) in [6.45, 7) is 13.3. The Labute approximate surface area is 163 Å². The van der Waals surface area contributed by atoms with Crippen molar-refractivity contribution in [3.8, 4) is 0 Å². The van der Waals surface area contributed by atoms with Gasteiger partial charge in [0.15, 0.2) is 0 Å². The molecule has 2 rings (SSSR count). The van der Waals surface area contributed by atoms with Crippen LogP contribution in [-0.2, 0) is 10.2 Å². The molecule has 1 aliphatic heterocycles. The van der Waals surface area contributed by atoms with Crippen molar-refractivity contribution in [1.82, 2.24) is 9.03 Å². The minimum atomic E-state index is -3.83. The summed E-state index contributed by atoms with van der Waals surface area (Å²) in [7, 11) is -3.83. The Bertz CT molecular complexity index is 751. The summed E-state index contributed by atoms with van der Waals surface area (Å²) in [5, 5.41) is 2.82. The third-order valence-corrected chi connectivity index (χ3v) is 6.62. The summed E-state index contributed by atoms with van der Waals surface area (Å²) >= 11 is 0. The molecular weight excluding hydrogens is 362 g/mol. The average molecular weight is 396 g/mol. The highest BCUT2D eigenvalue weighted by Crippen LogP contribution is 2.33. The van der Waals surface area contributed by atoms with E-state index in [9.17, 15) is 13.2 Å². The smallest absolute Gasteiger partial charge is 0.307 e. The van der Waals surface area contributed by atoms with Crippen LogP contribution in [0.2, 0.25) is 0 Å². The molecule has 0 unspecified atom stereocenters. The molecule has 1 heterocycles. The van der Waals surface area contributed by atoms with Crippen LogP contribution >= 0.6 is 0 Å². The lowest BCUT2D eigenvalue weighted by molar-refractivity contribution is 0.253. The van der Waals surface area contributed by atoms with Crippen LogP contribution in [0.15, 0.2) is 12.1 Å². The monoisotopic (exact) mass is 395 g/mol. The first-order valence-corrected chi connectivity index (χ1v) is 11.2. The van der Waals surface area contributed by atoms with Crippen LogP contribution in [0, 0.1) is 12.8 Å². The van der Waals surface area contributed by atoms with Crippen LogP contribution in [0.1, 0.15) is 76.0 Å². The zero-order chi connectivity index (χ0) is 20.4. The number of nitrogens with one attached hydrogen (secondary N) is 2. The number of hydrogen-bond acceptors (Lipinski definition) is 3. The highest BCUT2D eigenvalue weighted by Gasteiger charge is 2.28. The van der Waals surface area contributed by atoms with Crippen molar-refractivity contribution >= 4 is 21.9 Å². The Hall–Kier alpha value is -1.60. The molecular formula is C20H33N3O3S. The van der Waals surface area contributed by atoms with Gasteiger partial charge in [-0.3, -0.25) is 0 Å². The van der Waals surface area contributed by atoms with Crippen molar-refractivity contribution in [1.29, 1.82) is 0 Å². The number of carbonyl (C=O) groups is 1. The van der Waals surface area contributed by atoms with Crippen molar-refractivity contribution in [2.45, 2.75) is 66.2 Å². The summed E-state index contributed by atoms with van der Waals surface area (Å²) < 4.78 is 28.6. The SMILES string of the molecule is Cc1cc(C(C)C)c(NC(=O)NS(=O)(=O)N2CCC(C)CC2)c(C(C)C)c1. The summed E-state index contributed by atoms with van der Waals surface area (Å²) in [4.78, 5) is 12.5. The van der Waals surface area contributed by atoms with Crippen LogP contribution in [-0.4, -0.2) is 31.8 Å². The number of aryl methyl sites for hydroxylation is 1. The van der Waals surface area contributed by atoms with Gasteiger partial charge in [-0.1, -0.05) is 52.3 Å². The Morgan fingerprint density at radius 3 is 2.00 bits per heavy atom. The second-order valence-corrected chi connectivity index (χ2v) is 9.94. The first-order chi connectivity index (χ1) is 12.5. The topological polar surface area (TPSA) is 78.5 Å². The fraction of sp³-hybridized carbons (Fsp3) is 0.650. The molecule has 1 saturated heterocycles. The van der Waals surface area contributed by atoms with E-state index in [0.717, 1.165) is 29.5 Å². The molecule has 0 aromatic heterocycles. The van der Waals surface area contributed by atoms with Gasteiger partial charge in [-0.15, -0.1) is 0 Å². The molecule has 1 aromatic rings. The fourth-order valence-corrected chi connectivity index (χ4v) is 4.55. The van der Waals surface area contributed by atoms with Gasteiger partial charge in [-0.2, -0.15) is 12.7 Å². The predicted molar refractivity (Wildman–Crippen MR) is 110 cm³/mol. The Balaban J connectivity index is 2.22. The lowest BCUT2D eigenvalue weighted by Crippen LogP contribution is -2.48. The van der Waals surface area contributed by atoms with Gasteiger partial charge < -0.3 is 5.32 Å². The van der Waals surface area contributed by atoms with E-state index in [1.807, 2.05) is 19.1 Å². The molecule has 27 heavy (non-hydrogen) atoms. The molecule has 0 bridgehead atoms. The van der Waals surface area contributed by atoms with Crippen LogP contribution in [0.4, 0.5) is 10.5 Å². The molecule has 152 valence electrons. The molecule has 6 nitrogen and oxygen atoms in total. The molecule has 2 amide bonds. The number of hydrogen-bond donors (Lipinski definition) is 2. The zero-order valence-electron chi connectivity index (χ0n) is 17.3. The van der Waals surface area contributed by atoms with E-state index in [1.165, 1.54) is 4.31 Å². The standard InChI is InChI=1S/C20H33N3O3S/c1-13(2)17-11-16(6)12-18(14(3)4)19(17)21-20(24)22-27(25,26)23-9-7-15(5)8-10-23/h11-15H,7-10H2,1-6H3,(H2,21,22,24). The van der Waals surface area contributed by atoms with Gasteiger partial charge >= 0.3 is 16.2 Å².